The summed E-state index contributed by atoms with van der Waals surface area (Å²) < 4.78 is 28.6. The molecule has 3 aromatic rings. The topological polar surface area (TPSA) is 74.5 Å². The first-order chi connectivity index (χ1) is 13.5. The van der Waals surface area contributed by atoms with Crippen molar-refractivity contribution in [2.45, 2.75) is 12.8 Å². The minimum Gasteiger partial charge on any atom is -0.488 e. The Labute approximate surface area is 170 Å². The average Bonchev–Trinajstić information content (AvgIpc) is 3.14. The predicted molar refractivity (Wildman–Crippen MR) is 101 cm³/mol. The quantitative estimate of drug-likeness (QED) is 0.384. The molecule has 0 aliphatic heterocycles. The maximum Gasteiger partial charge on any atom is 0.306 e. The molecule has 146 valence electrons. The van der Waals surface area contributed by atoms with Crippen LogP contribution in [0, 0.1) is 5.82 Å². The molecule has 0 fully saturated rings. The summed E-state index contributed by atoms with van der Waals surface area (Å²) >= 11 is 11.8. The van der Waals surface area contributed by atoms with Crippen LogP contribution in [0.25, 0.3) is 11.4 Å². The van der Waals surface area contributed by atoms with Gasteiger partial charge in [0.2, 0.25) is 11.7 Å². The zero-order chi connectivity index (χ0) is 19.9. The fourth-order valence-corrected chi connectivity index (χ4v) is 2.72. The summed E-state index contributed by atoms with van der Waals surface area (Å²) in [6, 6.07) is 10.6. The Morgan fingerprint density at radius 3 is 2.64 bits per heavy atom. The van der Waals surface area contributed by atoms with Crippen molar-refractivity contribution in [3.05, 3.63) is 64.2 Å². The molecule has 28 heavy (non-hydrogen) atoms. The van der Waals surface area contributed by atoms with Crippen LogP contribution < -0.4 is 4.74 Å². The molecule has 0 N–H and O–H groups in total. The van der Waals surface area contributed by atoms with E-state index in [2.05, 4.69) is 10.1 Å². The van der Waals surface area contributed by atoms with Gasteiger partial charge >= 0.3 is 5.97 Å². The van der Waals surface area contributed by atoms with Crippen LogP contribution in [0.15, 0.2) is 47.0 Å². The molecule has 0 atom stereocenters. The molecule has 0 unspecified atom stereocenters. The third-order valence-corrected chi connectivity index (χ3v) is 4.14. The van der Waals surface area contributed by atoms with Crippen LogP contribution in [0.2, 0.25) is 10.0 Å². The number of nitrogens with zero attached hydrogens (tertiary/aromatic N) is 2. The first-order valence-corrected chi connectivity index (χ1v) is 9.09. The van der Waals surface area contributed by atoms with E-state index in [1.54, 1.807) is 30.3 Å². The Bertz CT molecular complexity index is 947. The molecule has 2 aromatic carbocycles. The van der Waals surface area contributed by atoms with Gasteiger partial charge in [-0.2, -0.15) is 4.98 Å². The van der Waals surface area contributed by atoms with Crippen molar-refractivity contribution in [3.63, 3.8) is 0 Å². The molecule has 0 bridgehead atoms. The van der Waals surface area contributed by atoms with E-state index in [1.807, 2.05) is 0 Å². The molecule has 0 spiro atoms. The summed E-state index contributed by atoms with van der Waals surface area (Å²) in [6.07, 6.45) is 0.309. The molecule has 0 radical (unpaired) electrons. The standard InChI is InChI=1S/C19H15Cl2FN2O4/c20-13-3-6-16(15(21)11-13)26-9-10-27-18(25)8-7-17-23-19(24-28-17)12-1-4-14(22)5-2-12/h1-6,11H,7-10H2. The van der Waals surface area contributed by atoms with Crippen LogP contribution in [0.1, 0.15) is 12.3 Å². The van der Waals surface area contributed by atoms with Gasteiger partial charge in [-0.25, -0.2) is 4.39 Å². The Hall–Kier alpha value is -2.64. The number of hydrogen-bond donors (Lipinski definition) is 0. The second-order valence-electron chi connectivity index (χ2n) is 5.66. The molecule has 6 nitrogen and oxygen atoms in total. The van der Waals surface area contributed by atoms with E-state index in [-0.39, 0.29) is 31.9 Å². The highest BCUT2D eigenvalue weighted by atomic mass is 35.5. The van der Waals surface area contributed by atoms with Gasteiger partial charge in [0.25, 0.3) is 0 Å². The maximum absolute atomic E-state index is 12.9. The molecule has 0 aliphatic rings. The molecule has 1 heterocycles. The number of ether oxygens (including phenoxy) is 2. The summed E-state index contributed by atoms with van der Waals surface area (Å²) in [5.74, 6) is 0.309. The van der Waals surface area contributed by atoms with Gasteiger partial charge < -0.3 is 14.0 Å². The van der Waals surface area contributed by atoms with E-state index >= 15 is 0 Å². The van der Waals surface area contributed by atoms with E-state index in [9.17, 15) is 9.18 Å². The van der Waals surface area contributed by atoms with Gasteiger partial charge in [-0.1, -0.05) is 28.4 Å². The van der Waals surface area contributed by atoms with Gasteiger partial charge in [-0.05, 0) is 42.5 Å². The lowest BCUT2D eigenvalue weighted by Gasteiger charge is -2.08. The highest BCUT2D eigenvalue weighted by Crippen LogP contribution is 2.27. The predicted octanol–water partition coefficient (Wildman–Crippen LogP) is 4.74. The Morgan fingerprint density at radius 1 is 1.11 bits per heavy atom. The molecular weight excluding hydrogens is 410 g/mol. The lowest BCUT2D eigenvalue weighted by Crippen LogP contribution is -2.12. The van der Waals surface area contributed by atoms with Crippen molar-refractivity contribution in [1.29, 1.82) is 0 Å². The fraction of sp³-hybridized carbons (Fsp3) is 0.211. The van der Waals surface area contributed by atoms with Gasteiger partial charge in [0.1, 0.15) is 24.8 Å². The molecule has 9 heteroatoms. The van der Waals surface area contributed by atoms with Crippen molar-refractivity contribution >= 4 is 29.2 Å². The zero-order valence-electron chi connectivity index (χ0n) is 14.5. The molecule has 0 aliphatic carbocycles. The van der Waals surface area contributed by atoms with Crippen molar-refractivity contribution in [3.8, 4) is 17.1 Å². The monoisotopic (exact) mass is 424 g/mol. The second kappa shape index (κ2) is 9.52. The minimum atomic E-state index is -0.424. The van der Waals surface area contributed by atoms with Crippen molar-refractivity contribution in [2.75, 3.05) is 13.2 Å². The number of halogens is 3. The molecule has 0 amide bonds. The van der Waals surface area contributed by atoms with E-state index in [0.717, 1.165) is 0 Å². The van der Waals surface area contributed by atoms with E-state index in [0.29, 0.717) is 33.1 Å². The van der Waals surface area contributed by atoms with Crippen LogP contribution in [-0.2, 0) is 16.0 Å². The lowest BCUT2D eigenvalue weighted by atomic mass is 10.2. The Morgan fingerprint density at radius 2 is 1.89 bits per heavy atom. The maximum atomic E-state index is 12.9. The van der Waals surface area contributed by atoms with Crippen molar-refractivity contribution in [2.24, 2.45) is 0 Å². The number of aromatic nitrogens is 2. The number of carbonyl (C=O) groups excluding carboxylic acids is 1. The Balaban J connectivity index is 1.39. The molecule has 1 aromatic heterocycles. The van der Waals surface area contributed by atoms with Crippen LogP contribution in [0.5, 0.6) is 5.75 Å². The van der Waals surface area contributed by atoms with E-state index in [1.165, 1.54) is 12.1 Å². The summed E-state index contributed by atoms with van der Waals surface area (Å²) in [5, 5.41) is 4.70. The van der Waals surface area contributed by atoms with Crippen LogP contribution in [-0.4, -0.2) is 29.3 Å². The summed E-state index contributed by atoms with van der Waals surface area (Å²) in [5.41, 5.74) is 0.622. The highest BCUT2D eigenvalue weighted by Gasteiger charge is 2.12. The number of carbonyl (C=O) groups is 1. The fourth-order valence-electron chi connectivity index (χ4n) is 2.25. The first kappa shape index (κ1) is 20.1. The molecule has 3 rings (SSSR count). The number of hydrogen-bond acceptors (Lipinski definition) is 6. The normalized spacial score (nSPS) is 10.7. The van der Waals surface area contributed by atoms with Gasteiger partial charge in [-0.15, -0.1) is 0 Å². The van der Waals surface area contributed by atoms with Gasteiger partial charge in [0, 0.05) is 17.0 Å². The molecular formula is C19H15Cl2FN2O4. The summed E-state index contributed by atoms with van der Waals surface area (Å²) in [7, 11) is 0. The smallest absolute Gasteiger partial charge is 0.306 e. The average molecular weight is 425 g/mol. The third-order valence-electron chi connectivity index (χ3n) is 3.61. The third kappa shape index (κ3) is 5.68. The van der Waals surface area contributed by atoms with Crippen LogP contribution in [0.4, 0.5) is 4.39 Å². The number of aryl methyl sites for hydroxylation is 1. The van der Waals surface area contributed by atoms with Gasteiger partial charge in [-0.3, -0.25) is 4.79 Å². The number of esters is 1. The first-order valence-electron chi connectivity index (χ1n) is 8.33. The van der Waals surface area contributed by atoms with Crippen LogP contribution >= 0.6 is 23.2 Å². The van der Waals surface area contributed by atoms with Crippen LogP contribution in [0.3, 0.4) is 0 Å². The SMILES string of the molecule is O=C(CCc1nc(-c2ccc(F)cc2)no1)OCCOc1ccc(Cl)cc1Cl. The minimum absolute atomic E-state index is 0.0719. The summed E-state index contributed by atoms with van der Waals surface area (Å²) in [4.78, 5) is 16.0. The number of rotatable bonds is 8. The Kier molecular flexibility index (Phi) is 6.84. The lowest BCUT2D eigenvalue weighted by molar-refractivity contribution is -0.144. The summed E-state index contributed by atoms with van der Waals surface area (Å²) in [6.45, 7) is 0.227. The van der Waals surface area contributed by atoms with E-state index < -0.39 is 5.97 Å². The van der Waals surface area contributed by atoms with Gasteiger partial charge in [0.05, 0.1) is 11.4 Å². The highest BCUT2D eigenvalue weighted by molar-refractivity contribution is 6.35. The largest absolute Gasteiger partial charge is 0.488 e. The number of benzene rings is 2. The van der Waals surface area contributed by atoms with E-state index in [4.69, 9.17) is 37.2 Å². The molecule has 0 saturated heterocycles. The second-order valence-corrected chi connectivity index (χ2v) is 6.51. The zero-order valence-corrected chi connectivity index (χ0v) is 16.0. The van der Waals surface area contributed by atoms with Gasteiger partial charge in [0.15, 0.2) is 0 Å². The molecule has 0 saturated carbocycles. The van der Waals surface area contributed by atoms with Crippen molar-refractivity contribution in [1.82, 2.24) is 10.1 Å². The van der Waals surface area contributed by atoms with Crippen molar-refractivity contribution < 1.29 is 23.2 Å².